The Morgan fingerprint density at radius 3 is 1.75 bits per heavy atom. The van der Waals surface area contributed by atoms with Crippen molar-refractivity contribution in [1.29, 1.82) is 0 Å². The predicted molar refractivity (Wildman–Crippen MR) is 155 cm³/mol. The third kappa shape index (κ3) is 5.96. The standard InChI is InChI=1S/C17H22FNO2.C15H20FNO2/c1-2-19-16(13-4-3-5-13)17(20,11-18)14-7-6-12-8-9-21-15(12)10-14;1-3-14(17-4-2)15(18,10-16)12-6-5-11-7-8-19-13(11)9-12/h6-10,13,16,19-20H,2-5,11H2,1H3;5-9,14,17-18H,3-4,10H2,1-2H3. The van der Waals surface area contributed by atoms with Gasteiger partial charge >= 0.3 is 0 Å². The van der Waals surface area contributed by atoms with E-state index >= 15 is 0 Å². The number of nitrogens with one attached hydrogen (secondary N) is 2. The van der Waals surface area contributed by atoms with Crippen LogP contribution < -0.4 is 10.6 Å². The van der Waals surface area contributed by atoms with E-state index in [1.807, 2.05) is 45.0 Å². The molecule has 4 N–H and O–H groups in total. The molecule has 40 heavy (non-hydrogen) atoms. The van der Waals surface area contributed by atoms with Crippen LogP contribution in [0.1, 0.15) is 57.6 Å². The summed E-state index contributed by atoms with van der Waals surface area (Å²) in [6.07, 6.45) is 7.09. The molecule has 0 amide bonds. The maximum Gasteiger partial charge on any atom is 0.134 e. The van der Waals surface area contributed by atoms with Gasteiger partial charge in [0.05, 0.1) is 12.5 Å². The molecule has 218 valence electrons. The molecule has 4 atom stereocenters. The molecule has 5 rings (SSSR count). The number of aliphatic hydroxyl groups is 2. The van der Waals surface area contributed by atoms with Crippen molar-refractivity contribution in [2.24, 2.45) is 5.92 Å². The summed E-state index contributed by atoms with van der Waals surface area (Å²) < 4.78 is 38.0. The molecular weight excluding hydrogens is 514 g/mol. The van der Waals surface area contributed by atoms with Gasteiger partial charge in [-0.2, -0.15) is 0 Å². The largest absolute Gasteiger partial charge is 0.464 e. The first-order valence-electron chi connectivity index (χ1n) is 14.3. The number of fused-ring (bicyclic) bond motifs is 2. The van der Waals surface area contributed by atoms with E-state index in [2.05, 4.69) is 10.6 Å². The molecule has 2 aromatic carbocycles. The number of furan rings is 2. The van der Waals surface area contributed by atoms with E-state index in [9.17, 15) is 19.0 Å². The first-order valence-corrected chi connectivity index (χ1v) is 14.3. The highest BCUT2D eigenvalue weighted by atomic mass is 19.1. The van der Waals surface area contributed by atoms with E-state index in [0.717, 1.165) is 30.0 Å². The molecule has 0 saturated heterocycles. The molecule has 4 unspecified atom stereocenters. The van der Waals surface area contributed by atoms with Crippen molar-refractivity contribution < 1.29 is 27.8 Å². The number of halogens is 2. The normalized spacial score (nSPS) is 18.4. The van der Waals surface area contributed by atoms with E-state index in [4.69, 9.17) is 8.83 Å². The van der Waals surface area contributed by atoms with Crippen LogP contribution in [0.3, 0.4) is 0 Å². The van der Waals surface area contributed by atoms with Crippen LogP contribution in [0.25, 0.3) is 21.9 Å². The SMILES string of the molecule is CCNC(C1CCC1)C(O)(CF)c1ccc2ccoc2c1.CCNC(CC)C(O)(CF)c1ccc2ccoc2c1. The molecule has 1 aliphatic carbocycles. The van der Waals surface area contributed by atoms with Gasteiger partial charge in [0.2, 0.25) is 0 Å². The van der Waals surface area contributed by atoms with Crippen molar-refractivity contribution in [2.45, 2.75) is 69.7 Å². The summed E-state index contributed by atoms with van der Waals surface area (Å²) >= 11 is 0. The maximum absolute atomic E-state index is 13.8. The average molecular weight is 557 g/mol. The van der Waals surface area contributed by atoms with Gasteiger partial charge in [-0.05, 0) is 73.7 Å². The molecule has 0 radical (unpaired) electrons. The van der Waals surface area contributed by atoms with Crippen molar-refractivity contribution in [3.63, 3.8) is 0 Å². The lowest BCUT2D eigenvalue weighted by Gasteiger charge is -2.43. The molecule has 0 spiro atoms. The number of benzene rings is 2. The Morgan fingerprint density at radius 2 is 1.32 bits per heavy atom. The van der Waals surface area contributed by atoms with E-state index in [1.54, 1.807) is 36.8 Å². The zero-order valence-electron chi connectivity index (χ0n) is 23.6. The van der Waals surface area contributed by atoms with E-state index in [0.29, 0.717) is 47.7 Å². The number of rotatable bonds is 12. The summed E-state index contributed by atoms with van der Waals surface area (Å²) in [7, 11) is 0. The van der Waals surface area contributed by atoms with Crippen LogP contribution in [0.2, 0.25) is 0 Å². The summed E-state index contributed by atoms with van der Waals surface area (Å²) in [5, 5.41) is 30.1. The maximum atomic E-state index is 13.8. The van der Waals surface area contributed by atoms with Crippen LogP contribution in [0.15, 0.2) is 69.9 Å². The fourth-order valence-electron chi connectivity index (χ4n) is 5.78. The van der Waals surface area contributed by atoms with Gasteiger partial charge in [0.1, 0.15) is 35.7 Å². The van der Waals surface area contributed by atoms with Crippen molar-refractivity contribution >= 4 is 21.9 Å². The fraction of sp³-hybridized carbons (Fsp3) is 0.500. The highest BCUT2D eigenvalue weighted by Gasteiger charge is 2.44. The van der Waals surface area contributed by atoms with E-state index in [1.165, 1.54) is 0 Å². The van der Waals surface area contributed by atoms with Gasteiger partial charge in [-0.1, -0.05) is 51.5 Å². The second-order valence-electron chi connectivity index (χ2n) is 10.7. The topological polar surface area (TPSA) is 90.8 Å². The highest BCUT2D eigenvalue weighted by Crippen LogP contribution is 2.40. The zero-order valence-corrected chi connectivity index (χ0v) is 23.6. The third-order valence-electron chi connectivity index (χ3n) is 8.31. The van der Waals surface area contributed by atoms with Gasteiger partial charge in [-0.25, -0.2) is 8.78 Å². The molecule has 2 aromatic heterocycles. The lowest BCUT2D eigenvalue weighted by molar-refractivity contribution is -0.0550. The van der Waals surface area contributed by atoms with Crippen molar-refractivity contribution in [1.82, 2.24) is 10.6 Å². The minimum absolute atomic E-state index is 0.256. The lowest BCUT2D eigenvalue weighted by atomic mass is 9.71. The summed E-state index contributed by atoms with van der Waals surface area (Å²) in [5.41, 5.74) is -0.539. The quantitative estimate of drug-likeness (QED) is 0.163. The lowest BCUT2D eigenvalue weighted by Crippen LogP contribution is -2.55. The summed E-state index contributed by atoms with van der Waals surface area (Å²) in [6, 6.07) is 13.9. The summed E-state index contributed by atoms with van der Waals surface area (Å²) in [4.78, 5) is 0. The van der Waals surface area contributed by atoms with Crippen LogP contribution in [0.4, 0.5) is 8.78 Å². The molecule has 1 aliphatic rings. The Hall–Kier alpha value is -2.78. The molecule has 6 nitrogen and oxygen atoms in total. The predicted octanol–water partition coefficient (Wildman–Crippen LogP) is 6.35. The Bertz CT molecular complexity index is 1350. The van der Waals surface area contributed by atoms with Crippen molar-refractivity contribution in [3.05, 3.63) is 72.2 Å². The minimum Gasteiger partial charge on any atom is -0.464 e. The smallest absolute Gasteiger partial charge is 0.134 e. The van der Waals surface area contributed by atoms with E-state index in [-0.39, 0.29) is 12.1 Å². The second kappa shape index (κ2) is 13.3. The fourth-order valence-corrected chi connectivity index (χ4v) is 5.78. The summed E-state index contributed by atoms with van der Waals surface area (Å²) in [6.45, 7) is 5.63. The molecule has 4 aromatic rings. The Balaban J connectivity index is 0.000000186. The van der Waals surface area contributed by atoms with E-state index < -0.39 is 24.6 Å². The molecule has 8 heteroatoms. The highest BCUT2D eigenvalue weighted by molar-refractivity contribution is 5.78. The van der Waals surface area contributed by atoms with Crippen molar-refractivity contribution in [2.75, 3.05) is 26.4 Å². The van der Waals surface area contributed by atoms with Gasteiger partial charge in [0.25, 0.3) is 0 Å². The number of alkyl halides is 2. The second-order valence-corrected chi connectivity index (χ2v) is 10.7. The number of hydrogen-bond donors (Lipinski definition) is 4. The average Bonchev–Trinajstić information content (AvgIpc) is 3.63. The number of likely N-dealkylation sites (N-methyl/N-ethyl adjacent to an activating group) is 2. The molecular formula is C32H42F2N2O4. The van der Waals surface area contributed by atoms with Gasteiger partial charge in [-0.15, -0.1) is 0 Å². The van der Waals surface area contributed by atoms with Gasteiger partial charge in [0.15, 0.2) is 0 Å². The molecule has 1 fully saturated rings. The van der Waals surface area contributed by atoms with Crippen LogP contribution in [0, 0.1) is 5.92 Å². The summed E-state index contributed by atoms with van der Waals surface area (Å²) in [5.74, 6) is 0.331. The third-order valence-corrected chi connectivity index (χ3v) is 8.31. The van der Waals surface area contributed by atoms with Crippen LogP contribution in [0.5, 0.6) is 0 Å². The first-order chi connectivity index (χ1) is 19.3. The van der Waals surface area contributed by atoms with Crippen LogP contribution in [-0.2, 0) is 11.2 Å². The monoisotopic (exact) mass is 556 g/mol. The first kappa shape index (κ1) is 30.2. The Labute approximate surface area is 234 Å². The van der Waals surface area contributed by atoms with Gasteiger partial charge in [0, 0.05) is 22.9 Å². The molecule has 2 heterocycles. The number of hydrogen-bond acceptors (Lipinski definition) is 6. The molecule has 0 aliphatic heterocycles. The van der Waals surface area contributed by atoms with Crippen LogP contribution in [-0.4, -0.2) is 48.7 Å². The molecule has 0 bridgehead atoms. The minimum atomic E-state index is -1.52. The van der Waals surface area contributed by atoms with Crippen molar-refractivity contribution in [3.8, 4) is 0 Å². The van der Waals surface area contributed by atoms with Crippen LogP contribution >= 0.6 is 0 Å². The molecule has 1 saturated carbocycles. The Morgan fingerprint density at radius 1 is 0.800 bits per heavy atom. The zero-order chi connectivity index (χ0) is 28.8. The van der Waals surface area contributed by atoms with Gasteiger partial charge in [-0.3, -0.25) is 0 Å². The Kier molecular flexibility index (Phi) is 10.0. The van der Waals surface area contributed by atoms with Gasteiger partial charge < -0.3 is 29.7 Å².